The molecule has 0 aliphatic carbocycles. The number of aromatic nitrogens is 5. The molecule has 0 saturated carbocycles. The fraction of sp³-hybridized carbons (Fsp3) is 0.0455. The Hall–Kier alpha value is -3.64. The Morgan fingerprint density at radius 2 is 1.83 bits per heavy atom. The van der Waals surface area contributed by atoms with Gasteiger partial charge in [0, 0.05) is 22.9 Å². The smallest absolute Gasteiger partial charge is 0.169 e. The first kappa shape index (κ1) is 17.5. The third kappa shape index (κ3) is 2.94. The van der Waals surface area contributed by atoms with E-state index in [0.29, 0.717) is 16.7 Å². The van der Waals surface area contributed by atoms with Gasteiger partial charge >= 0.3 is 0 Å². The monoisotopic (exact) mass is 400 g/mol. The Morgan fingerprint density at radius 1 is 0.966 bits per heavy atom. The second-order valence-electron chi connectivity index (χ2n) is 6.88. The van der Waals surface area contributed by atoms with Crippen LogP contribution in [0.5, 0.6) is 0 Å². The van der Waals surface area contributed by atoms with Crippen LogP contribution >= 0.6 is 11.6 Å². The standard InChI is InChI=1S/C22H17ClN6/c1-13-5-4-6-14(11-13)20-19(21(24)27-26-20)15-9-10-18-25-28-22(29(18)12-15)16-7-2-3-8-17(16)23/h2-12H,1H3,(H3,24,26,27). The highest BCUT2D eigenvalue weighted by molar-refractivity contribution is 6.33. The topological polar surface area (TPSA) is 84.9 Å². The van der Waals surface area contributed by atoms with E-state index in [1.807, 2.05) is 59.1 Å². The van der Waals surface area contributed by atoms with Gasteiger partial charge in [-0.25, -0.2) is 0 Å². The van der Waals surface area contributed by atoms with Crippen molar-refractivity contribution in [2.24, 2.45) is 0 Å². The molecule has 0 spiro atoms. The summed E-state index contributed by atoms with van der Waals surface area (Å²) in [7, 11) is 0. The molecule has 0 aliphatic rings. The molecule has 0 bridgehead atoms. The molecule has 3 aromatic heterocycles. The first-order valence-electron chi connectivity index (χ1n) is 9.13. The van der Waals surface area contributed by atoms with E-state index >= 15 is 0 Å². The van der Waals surface area contributed by atoms with Gasteiger partial charge in [-0.2, -0.15) is 5.10 Å². The van der Waals surface area contributed by atoms with Crippen molar-refractivity contribution < 1.29 is 0 Å². The number of hydrogen-bond acceptors (Lipinski definition) is 4. The van der Waals surface area contributed by atoms with Crippen molar-refractivity contribution in [1.82, 2.24) is 24.8 Å². The van der Waals surface area contributed by atoms with Gasteiger partial charge in [0.05, 0.1) is 16.3 Å². The lowest BCUT2D eigenvalue weighted by molar-refractivity contribution is 1.10. The predicted molar refractivity (Wildman–Crippen MR) is 116 cm³/mol. The van der Waals surface area contributed by atoms with Gasteiger partial charge in [0.1, 0.15) is 0 Å². The van der Waals surface area contributed by atoms with Crippen LogP contribution in [-0.4, -0.2) is 24.8 Å². The number of aryl methyl sites for hydroxylation is 1. The molecular formula is C22H17ClN6. The highest BCUT2D eigenvalue weighted by Gasteiger charge is 2.17. The van der Waals surface area contributed by atoms with Crippen LogP contribution in [0.4, 0.5) is 5.82 Å². The summed E-state index contributed by atoms with van der Waals surface area (Å²) in [5, 5.41) is 16.6. The number of nitrogen functional groups attached to an aromatic ring is 1. The number of H-pyrrole nitrogens is 1. The maximum absolute atomic E-state index is 6.38. The van der Waals surface area contributed by atoms with Crippen LogP contribution in [0.1, 0.15) is 5.56 Å². The number of benzene rings is 2. The minimum atomic E-state index is 0.438. The summed E-state index contributed by atoms with van der Waals surface area (Å²) in [6.45, 7) is 2.06. The number of halogens is 1. The van der Waals surface area contributed by atoms with Crippen LogP contribution in [0, 0.1) is 6.92 Å². The number of rotatable bonds is 3. The lowest BCUT2D eigenvalue weighted by atomic mass is 10.0. The van der Waals surface area contributed by atoms with E-state index in [4.69, 9.17) is 17.3 Å². The molecule has 2 aromatic carbocycles. The zero-order chi connectivity index (χ0) is 20.0. The number of nitrogens with zero attached hydrogens (tertiary/aromatic N) is 4. The maximum atomic E-state index is 6.38. The molecule has 7 heteroatoms. The van der Waals surface area contributed by atoms with Gasteiger partial charge < -0.3 is 5.73 Å². The van der Waals surface area contributed by atoms with E-state index in [1.54, 1.807) is 0 Å². The van der Waals surface area contributed by atoms with Crippen molar-refractivity contribution in [2.45, 2.75) is 6.92 Å². The van der Waals surface area contributed by atoms with Gasteiger partial charge in [-0.3, -0.25) is 9.50 Å². The van der Waals surface area contributed by atoms with Crippen molar-refractivity contribution in [1.29, 1.82) is 0 Å². The molecule has 0 atom stereocenters. The molecule has 0 aliphatic heterocycles. The minimum Gasteiger partial charge on any atom is -0.382 e. The quantitative estimate of drug-likeness (QED) is 0.446. The van der Waals surface area contributed by atoms with E-state index in [9.17, 15) is 0 Å². The van der Waals surface area contributed by atoms with Gasteiger partial charge in [-0.1, -0.05) is 47.5 Å². The Kier molecular flexibility index (Phi) is 4.07. The molecule has 6 nitrogen and oxygen atoms in total. The SMILES string of the molecule is Cc1cccc(-c2[nH]nc(N)c2-c2ccc3nnc(-c4ccccc4Cl)n3c2)c1. The van der Waals surface area contributed by atoms with Crippen LogP contribution < -0.4 is 5.73 Å². The fourth-order valence-electron chi connectivity index (χ4n) is 3.52. The Balaban J connectivity index is 1.71. The van der Waals surface area contributed by atoms with Crippen LogP contribution in [0.2, 0.25) is 5.02 Å². The van der Waals surface area contributed by atoms with Gasteiger partial charge in [-0.15, -0.1) is 10.2 Å². The van der Waals surface area contributed by atoms with Crippen LogP contribution in [-0.2, 0) is 0 Å². The highest BCUT2D eigenvalue weighted by atomic mass is 35.5. The van der Waals surface area contributed by atoms with Crippen molar-refractivity contribution >= 4 is 23.1 Å². The lowest BCUT2D eigenvalue weighted by Gasteiger charge is -2.08. The zero-order valence-electron chi connectivity index (χ0n) is 15.6. The predicted octanol–water partition coefficient (Wildman–Crippen LogP) is 5.00. The molecule has 0 amide bonds. The summed E-state index contributed by atoms with van der Waals surface area (Å²) in [6, 6.07) is 19.7. The van der Waals surface area contributed by atoms with E-state index in [1.165, 1.54) is 0 Å². The number of nitrogens with one attached hydrogen (secondary N) is 1. The van der Waals surface area contributed by atoms with Crippen molar-refractivity contribution in [2.75, 3.05) is 5.73 Å². The van der Waals surface area contributed by atoms with Gasteiger partial charge in [0.25, 0.3) is 0 Å². The van der Waals surface area contributed by atoms with E-state index in [0.717, 1.165) is 39.2 Å². The summed E-state index contributed by atoms with van der Waals surface area (Å²) in [6.07, 6.45) is 1.97. The second-order valence-corrected chi connectivity index (χ2v) is 7.28. The molecular weight excluding hydrogens is 384 g/mol. The van der Waals surface area contributed by atoms with E-state index in [2.05, 4.69) is 39.5 Å². The molecule has 0 radical (unpaired) electrons. The Morgan fingerprint density at radius 3 is 2.66 bits per heavy atom. The van der Waals surface area contributed by atoms with Crippen molar-refractivity contribution in [3.05, 3.63) is 77.4 Å². The Bertz CT molecular complexity index is 1350. The minimum absolute atomic E-state index is 0.438. The van der Waals surface area contributed by atoms with Crippen LogP contribution in [0.3, 0.4) is 0 Å². The molecule has 3 N–H and O–H groups in total. The molecule has 0 saturated heterocycles. The number of anilines is 1. The second kappa shape index (κ2) is 6.76. The first-order valence-corrected chi connectivity index (χ1v) is 9.50. The first-order chi connectivity index (χ1) is 14.1. The Labute approximate surface area is 172 Å². The molecule has 3 heterocycles. The third-order valence-corrected chi connectivity index (χ3v) is 5.24. The molecule has 142 valence electrons. The van der Waals surface area contributed by atoms with Crippen LogP contribution in [0.15, 0.2) is 66.9 Å². The summed E-state index contributed by atoms with van der Waals surface area (Å²) in [5.41, 5.74) is 12.6. The molecule has 5 aromatic rings. The zero-order valence-corrected chi connectivity index (χ0v) is 16.4. The molecule has 29 heavy (non-hydrogen) atoms. The van der Waals surface area contributed by atoms with Gasteiger partial charge in [0.2, 0.25) is 0 Å². The average molecular weight is 401 g/mol. The summed E-state index contributed by atoms with van der Waals surface area (Å²) >= 11 is 6.38. The summed E-state index contributed by atoms with van der Waals surface area (Å²) in [5.74, 6) is 1.11. The van der Waals surface area contributed by atoms with Gasteiger partial charge in [-0.05, 0) is 37.3 Å². The highest BCUT2D eigenvalue weighted by Crippen LogP contribution is 2.36. The number of fused-ring (bicyclic) bond motifs is 1. The largest absolute Gasteiger partial charge is 0.382 e. The number of aromatic amines is 1. The van der Waals surface area contributed by atoms with Crippen molar-refractivity contribution in [3.8, 4) is 33.8 Å². The van der Waals surface area contributed by atoms with E-state index < -0.39 is 0 Å². The van der Waals surface area contributed by atoms with Crippen molar-refractivity contribution in [3.63, 3.8) is 0 Å². The number of nitrogens with two attached hydrogens (primary N) is 1. The fourth-order valence-corrected chi connectivity index (χ4v) is 3.74. The third-order valence-electron chi connectivity index (χ3n) is 4.91. The van der Waals surface area contributed by atoms with E-state index in [-0.39, 0.29) is 0 Å². The summed E-state index contributed by atoms with van der Waals surface area (Å²) < 4.78 is 1.92. The van der Waals surface area contributed by atoms with Crippen LogP contribution in [0.25, 0.3) is 39.4 Å². The summed E-state index contributed by atoms with van der Waals surface area (Å²) in [4.78, 5) is 0. The molecule has 0 fully saturated rings. The molecule has 5 rings (SSSR count). The normalized spacial score (nSPS) is 11.2. The lowest BCUT2D eigenvalue weighted by Crippen LogP contribution is -1.94. The number of pyridine rings is 1. The average Bonchev–Trinajstić information content (AvgIpc) is 3.31. The molecule has 0 unspecified atom stereocenters. The number of hydrogen-bond donors (Lipinski definition) is 2. The van der Waals surface area contributed by atoms with Gasteiger partial charge in [0.15, 0.2) is 17.3 Å². The maximum Gasteiger partial charge on any atom is 0.169 e.